The standard InChI is InChI=1S/C31H38N4O/c1-36-19-18-35(23-26-10-7-15-32-22-26)31(20-25-8-3-2-4-9-25)27-13-16-34(17-14-27)24-29-21-28-11-5-6-12-30(28)33-29/h2-12,15,21-22,27,31,33H,13-14,16-20,23-24H2,1H3. The fourth-order valence-corrected chi connectivity index (χ4v) is 5.70. The number of benzene rings is 2. The van der Waals surface area contributed by atoms with Crippen LogP contribution in [-0.4, -0.2) is 59.2 Å². The SMILES string of the molecule is COCCN(Cc1cccnc1)C(Cc1ccccc1)C1CCN(Cc2cc3ccccc3[nH]2)CC1. The third-order valence-corrected chi connectivity index (χ3v) is 7.60. The van der Waals surface area contributed by atoms with Crippen LogP contribution in [0.15, 0.2) is 85.2 Å². The van der Waals surface area contributed by atoms with E-state index in [1.165, 1.54) is 40.6 Å². The van der Waals surface area contributed by atoms with Crippen LogP contribution in [0.2, 0.25) is 0 Å². The van der Waals surface area contributed by atoms with Crippen molar-refractivity contribution in [2.45, 2.75) is 38.4 Å². The summed E-state index contributed by atoms with van der Waals surface area (Å²) in [5.41, 5.74) is 5.22. The van der Waals surface area contributed by atoms with Gasteiger partial charge in [-0.05, 0) is 73.0 Å². The van der Waals surface area contributed by atoms with Crippen LogP contribution in [-0.2, 0) is 24.2 Å². The lowest BCUT2D eigenvalue weighted by Gasteiger charge is -2.41. The van der Waals surface area contributed by atoms with Crippen LogP contribution in [0, 0.1) is 5.92 Å². The van der Waals surface area contributed by atoms with E-state index in [4.69, 9.17) is 4.74 Å². The molecule has 1 aliphatic rings. The second kappa shape index (κ2) is 12.3. The number of aromatic amines is 1. The maximum atomic E-state index is 5.54. The van der Waals surface area contributed by atoms with Gasteiger partial charge in [-0.25, -0.2) is 0 Å². The summed E-state index contributed by atoms with van der Waals surface area (Å²) in [6.07, 6.45) is 7.36. The Hall–Kier alpha value is -2.99. The number of nitrogens with one attached hydrogen (secondary N) is 1. The molecule has 2 aromatic carbocycles. The van der Waals surface area contributed by atoms with Gasteiger partial charge in [-0.15, -0.1) is 0 Å². The zero-order valence-corrected chi connectivity index (χ0v) is 21.4. The Morgan fingerprint density at radius 2 is 1.78 bits per heavy atom. The molecule has 0 radical (unpaired) electrons. The summed E-state index contributed by atoms with van der Waals surface area (Å²) in [6, 6.07) is 26.5. The number of nitrogens with zero attached hydrogens (tertiary/aromatic N) is 3. The lowest BCUT2D eigenvalue weighted by Crippen LogP contribution is -2.47. The Bertz CT molecular complexity index is 1150. The quantitative estimate of drug-likeness (QED) is 0.305. The summed E-state index contributed by atoms with van der Waals surface area (Å²) < 4.78 is 5.54. The van der Waals surface area contributed by atoms with E-state index < -0.39 is 0 Å². The van der Waals surface area contributed by atoms with E-state index in [0.29, 0.717) is 12.0 Å². The molecule has 3 heterocycles. The topological polar surface area (TPSA) is 44.4 Å². The van der Waals surface area contributed by atoms with E-state index >= 15 is 0 Å². The van der Waals surface area contributed by atoms with Crippen molar-refractivity contribution in [3.63, 3.8) is 0 Å². The number of rotatable bonds is 11. The highest BCUT2D eigenvalue weighted by Crippen LogP contribution is 2.29. The van der Waals surface area contributed by atoms with Gasteiger partial charge < -0.3 is 9.72 Å². The minimum Gasteiger partial charge on any atom is -0.383 e. The van der Waals surface area contributed by atoms with Crippen molar-refractivity contribution in [1.82, 2.24) is 19.8 Å². The first-order chi connectivity index (χ1) is 17.8. The number of para-hydroxylation sites is 1. The molecule has 1 N–H and O–H groups in total. The Morgan fingerprint density at radius 3 is 2.53 bits per heavy atom. The molecule has 0 saturated carbocycles. The molecule has 4 aromatic rings. The van der Waals surface area contributed by atoms with Gasteiger partial charge in [0, 0.05) is 56.4 Å². The van der Waals surface area contributed by atoms with Crippen molar-refractivity contribution in [2.75, 3.05) is 33.4 Å². The normalized spacial score (nSPS) is 16.1. The molecule has 1 atom stereocenters. The number of fused-ring (bicyclic) bond motifs is 1. The van der Waals surface area contributed by atoms with Crippen LogP contribution in [0.1, 0.15) is 29.7 Å². The summed E-state index contributed by atoms with van der Waals surface area (Å²) in [7, 11) is 1.80. The van der Waals surface area contributed by atoms with Gasteiger partial charge in [-0.3, -0.25) is 14.8 Å². The van der Waals surface area contributed by atoms with E-state index in [1.807, 2.05) is 18.5 Å². The third kappa shape index (κ3) is 6.41. The van der Waals surface area contributed by atoms with Crippen LogP contribution in [0.4, 0.5) is 0 Å². The van der Waals surface area contributed by atoms with Crippen LogP contribution in [0.5, 0.6) is 0 Å². The summed E-state index contributed by atoms with van der Waals surface area (Å²) in [5.74, 6) is 0.651. The molecule has 1 fully saturated rings. The molecule has 0 spiro atoms. The first-order valence-corrected chi connectivity index (χ1v) is 13.2. The van der Waals surface area contributed by atoms with Gasteiger partial charge >= 0.3 is 0 Å². The fraction of sp³-hybridized carbons (Fsp3) is 0.387. The number of aromatic nitrogens is 2. The van der Waals surface area contributed by atoms with E-state index in [0.717, 1.165) is 45.8 Å². The van der Waals surface area contributed by atoms with E-state index in [-0.39, 0.29) is 0 Å². The number of pyridine rings is 1. The van der Waals surface area contributed by atoms with Crippen molar-refractivity contribution in [3.05, 3.63) is 102 Å². The smallest absolute Gasteiger partial charge is 0.0589 e. The van der Waals surface area contributed by atoms with Gasteiger partial charge in [0.2, 0.25) is 0 Å². The summed E-state index contributed by atoms with van der Waals surface area (Å²) in [4.78, 5) is 13.2. The molecule has 36 heavy (non-hydrogen) atoms. The first-order valence-electron chi connectivity index (χ1n) is 13.2. The molecule has 1 saturated heterocycles. The van der Waals surface area contributed by atoms with Crippen LogP contribution >= 0.6 is 0 Å². The zero-order valence-electron chi connectivity index (χ0n) is 21.4. The van der Waals surface area contributed by atoms with E-state index in [1.54, 1.807) is 7.11 Å². The lowest BCUT2D eigenvalue weighted by atomic mass is 9.84. The highest BCUT2D eigenvalue weighted by atomic mass is 16.5. The summed E-state index contributed by atoms with van der Waals surface area (Å²) >= 11 is 0. The zero-order chi connectivity index (χ0) is 24.6. The Balaban J connectivity index is 1.29. The van der Waals surface area contributed by atoms with Crippen molar-refractivity contribution in [1.29, 1.82) is 0 Å². The molecular weight excluding hydrogens is 444 g/mol. The Labute approximate surface area is 215 Å². The molecule has 0 aliphatic carbocycles. The van der Waals surface area contributed by atoms with Crippen LogP contribution in [0.3, 0.4) is 0 Å². The minimum absolute atomic E-state index is 0.470. The highest BCUT2D eigenvalue weighted by Gasteiger charge is 2.31. The lowest BCUT2D eigenvalue weighted by molar-refractivity contribution is 0.0569. The van der Waals surface area contributed by atoms with Gasteiger partial charge in [-0.1, -0.05) is 54.6 Å². The number of piperidine rings is 1. The highest BCUT2D eigenvalue weighted by molar-refractivity contribution is 5.80. The van der Waals surface area contributed by atoms with Crippen LogP contribution in [0.25, 0.3) is 10.9 Å². The average molecular weight is 483 g/mol. The molecule has 5 nitrogen and oxygen atoms in total. The van der Waals surface area contributed by atoms with Crippen molar-refractivity contribution >= 4 is 10.9 Å². The van der Waals surface area contributed by atoms with Gasteiger partial charge in [0.15, 0.2) is 0 Å². The predicted octanol–water partition coefficient (Wildman–Crippen LogP) is 5.53. The first kappa shape index (κ1) is 24.7. The Morgan fingerprint density at radius 1 is 1.00 bits per heavy atom. The minimum atomic E-state index is 0.470. The summed E-state index contributed by atoms with van der Waals surface area (Å²) in [6.45, 7) is 5.84. The number of hydrogen-bond donors (Lipinski definition) is 1. The fourth-order valence-electron chi connectivity index (χ4n) is 5.70. The van der Waals surface area contributed by atoms with Gasteiger partial charge in [0.1, 0.15) is 0 Å². The molecule has 1 unspecified atom stereocenters. The maximum Gasteiger partial charge on any atom is 0.0589 e. The molecule has 1 aliphatic heterocycles. The van der Waals surface area contributed by atoms with Crippen molar-refractivity contribution in [3.8, 4) is 0 Å². The number of ether oxygens (including phenoxy) is 1. The molecule has 2 aromatic heterocycles. The Kier molecular flexibility index (Phi) is 8.44. The summed E-state index contributed by atoms with van der Waals surface area (Å²) in [5, 5.41) is 1.30. The molecule has 5 heteroatoms. The largest absolute Gasteiger partial charge is 0.383 e. The predicted molar refractivity (Wildman–Crippen MR) is 147 cm³/mol. The second-order valence-corrected chi connectivity index (χ2v) is 10.1. The molecule has 188 valence electrons. The maximum absolute atomic E-state index is 5.54. The monoisotopic (exact) mass is 482 g/mol. The van der Waals surface area contributed by atoms with Crippen LogP contribution < -0.4 is 0 Å². The molecular formula is C31H38N4O. The van der Waals surface area contributed by atoms with Gasteiger partial charge in [0.05, 0.1) is 6.61 Å². The number of methoxy groups -OCH3 is 1. The number of hydrogen-bond acceptors (Lipinski definition) is 4. The van der Waals surface area contributed by atoms with Gasteiger partial charge in [0.25, 0.3) is 0 Å². The third-order valence-electron chi connectivity index (χ3n) is 7.60. The van der Waals surface area contributed by atoms with E-state index in [9.17, 15) is 0 Å². The molecule has 0 bridgehead atoms. The average Bonchev–Trinajstić information content (AvgIpc) is 3.34. The number of H-pyrrole nitrogens is 1. The molecule has 5 rings (SSSR count). The van der Waals surface area contributed by atoms with E-state index in [2.05, 4.69) is 86.5 Å². The van der Waals surface area contributed by atoms with Gasteiger partial charge in [-0.2, -0.15) is 0 Å². The van der Waals surface area contributed by atoms with Crippen molar-refractivity contribution < 1.29 is 4.74 Å². The second-order valence-electron chi connectivity index (χ2n) is 10.1. The molecule has 0 amide bonds. The number of likely N-dealkylation sites (tertiary alicyclic amines) is 1. The van der Waals surface area contributed by atoms with Crippen molar-refractivity contribution in [2.24, 2.45) is 5.92 Å².